The van der Waals surface area contributed by atoms with Gasteiger partial charge < -0.3 is 14.6 Å². The zero-order valence-corrected chi connectivity index (χ0v) is 11.2. The summed E-state index contributed by atoms with van der Waals surface area (Å²) in [6.45, 7) is 3.93. The van der Waals surface area contributed by atoms with Gasteiger partial charge in [-0.25, -0.2) is 0 Å². The summed E-state index contributed by atoms with van der Waals surface area (Å²) in [4.78, 5) is 0. The fourth-order valence-electron chi connectivity index (χ4n) is 2.32. The van der Waals surface area contributed by atoms with Crippen LogP contribution in [-0.2, 0) is 0 Å². The van der Waals surface area contributed by atoms with Crippen molar-refractivity contribution < 1.29 is 14.6 Å². The number of rotatable bonds is 4. The first-order valence-electron chi connectivity index (χ1n) is 6.82. The molecule has 2 rings (SSSR count). The first kappa shape index (κ1) is 13.1. The summed E-state index contributed by atoms with van der Waals surface area (Å²) in [5, 5.41) is 9.93. The Morgan fingerprint density at radius 2 is 1.89 bits per heavy atom. The first-order chi connectivity index (χ1) is 8.66. The Morgan fingerprint density at radius 1 is 1.17 bits per heavy atom. The van der Waals surface area contributed by atoms with Crippen LogP contribution in [0.4, 0.5) is 0 Å². The molecular formula is C15H22O3. The minimum Gasteiger partial charge on any atom is -0.504 e. The average Bonchev–Trinajstić information content (AvgIpc) is 2.34. The van der Waals surface area contributed by atoms with Crippen molar-refractivity contribution in [2.24, 2.45) is 0 Å². The number of para-hydroxylation sites is 1. The lowest BCUT2D eigenvalue weighted by molar-refractivity contribution is 0.137. The van der Waals surface area contributed by atoms with E-state index in [1.807, 2.05) is 19.9 Å². The minimum absolute atomic E-state index is 0.0699. The number of phenolic OH excluding ortho intramolecular Hbond substituents is 1. The predicted molar refractivity (Wildman–Crippen MR) is 71.4 cm³/mol. The van der Waals surface area contributed by atoms with Crippen molar-refractivity contribution in [2.45, 2.75) is 58.2 Å². The Kier molecular flexibility index (Phi) is 4.34. The van der Waals surface area contributed by atoms with E-state index in [9.17, 15) is 5.11 Å². The first-order valence-corrected chi connectivity index (χ1v) is 6.82. The summed E-state index contributed by atoms with van der Waals surface area (Å²) < 4.78 is 11.6. The van der Waals surface area contributed by atoms with Crippen molar-refractivity contribution >= 4 is 0 Å². The molecule has 0 heterocycles. The molecule has 0 atom stereocenters. The highest BCUT2D eigenvalue weighted by Crippen LogP contribution is 2.39. The number of benzene rings is 1. The normalized spacial score (nSPS) is 16.8. The van der Waals surface area contributed by atoms with Crippen LogP contribution >= 0.6 is 0 Å². The van der Waals surface area contributed by atoms with E-state index < -0.39 is 0 Å². The van der Waals surface area contributed by atoms with Crippen molar-refractivity contribution in [3.63, 3.8) is 0 Å². The van der Waals surface area contributed by atoms with E-state index in [2.05, 4.69) is 0 Å². The highest BCUT2D eigenvalue weighted by Gasteiger charge is 2.19. The van der Waals surface area contributed by atoms with Crippen LogP contribution in [0.15, 0.2) is 18.2 Å². The molecule has 1 aromatic carbocycles. The van der Waals surface area contributed by atoms with Crippen LogP contribution in [0, 0.1) is 0 Å². The Bertz CT molecular complexity index is 381. The molecule has 3 nitrogen and oxygen atoms in total. The summed E-state index contributed by atoms with van der Waals surface area (Å²) in [6, 6.07) is 5.27. The van der Waals surface area contributed by atoms with Crippen molar-refractivity contribution in [1.29, 1.82) is 0 Å². The topological polar surface area (TPSA) is 38.7 Å². The van der Waals surface area contributed by atoms with Crippen molar-refractivity contribution in [2.75, 3.05) is 0 Å². The van der Waals surface area contributed by atoms with E-state index in [-0.39, 0.29) is 18.0 Å². The van der Waals surface area contributed by atoms with Crippen molar-refractivity contribution in [3.8, 4) is 17.2 Å². The number of phenols is 1. The van der Waals surface area contributed by atoms with Gasteiger partial charge in [0, 0.05) is 0 Å². The van der Waals surface area contributed by atoms with Gasteiger partial charge in [0.2, 0.25) is 5.75 Å². The third-order valence-corrected chi connectivity index (χ3v) is 3.16. The van der Waals surface area contributed by atoms with Gasteiger partial charge in [0.05, 0.1) is 12.2 Å². The molecule has 18 heavy (non-hydrogen) atoms. The zero-order chi connectivity index (χ0) is 13.0. The van der Waals surface area contributed by atoms with Gasteiger partial charge in [-0.15, -0.1) is 0 Å². The van der Waals surface area contributed by atoms with E-state index in [1.54, 1.807) is 12.1 Å². The largest absolute Gasteiger partial charge is 0.504 e. The summed E-state index contributed by atoms with van der Waals surface area (Å²) in [5.41, 5.74) is 0. The van der Waals surface area contributed by atoms with E-state index in [0.717, 1.165) is 12.8 Å². The van der Waals surface area contributed by atoms with Gasteiger partial charge in [-0.2, -0.15) is 0 Å². The molecule has 0 aliphatic heterocycles. The number of ether oxygens (including phenoxy) is 2. The maximum atomic E-state index is 9.93. The van der Waals surface area contributed by atoms with Crippen LogP contribution in [0.1, 0.15) is 46.0 Å². The molecule has 0 saturated heterocycles. The molecular weight excluding hydrogens is 228 g/mol. The van der Waals surface area contributed by atoms with Gasteiger partial charge in [0.25, 0.3) is 0 Å². The highest BCUT2D eigenvalue weighted by atomic mass is 16.5. The molecule has 0 bridgehead atoms. The van der Waals surface area contributed by atoms with Gasteiger partial charge in [-0.3, -0.25) is 0 Å². The Labute approximate surface area is 109 Å². The zero-order valence-electron chi connectivity index (χ0n) is 11.2. The van der Waals surface area contributed by atoms with Crippen LogP contribution in [0.25, 0.3) is 0 Å². The maximum absolute atomic E-state index is 9.93. The number of hydrogen-bond acceptors (Lipinski definition) is 3. The smallest absolute Gasteiger partial charge is 0.203 e. The molecule has 100 valence electrons. The lowest BCUT2D eigenvalue weighted by atomic mass is 9.98. The second-order valence-corrected chi connectivity index (χ2v) is 5.15. The molecule has 1 aliphatic carbocycles. The fraction of sp³-hybridized carbons (Fsp3) is 0.600. The summed E-state index contributed by atoms with van der Waals surface area (Å²) in [7, 11) is 0. The second kappa shape index (κ2) is 5.98. The third kappa shape index (κ3) is 3.31. The molecule has 1 aromatic rings. The second-order valence-electron chi connectivity index (χ2n) is 5.15. The number of hydrogen-bond donors (Lipinski definition) is 1. The van der Waals surface area contributed by atoms with Gasteiger partial charge in [-0.1, -0.05) is 12.5 Å². The monoisotopic (exact) mass is 250 g/mol. The highest BCUT2D eigenvalue weighted by molar-refractivity contribution is 5.50. The van der Waals surface area contributed by atoms with Gasteiger partial charge in [-0.05, 0) is 51.7 Å². The van der Waals surface area contributed by atoms with E-state index in [0.29, 0.717) is 11.5 Å². The van der Waals surface area contributed by atoms with Crippen molar-refractivity contribution in [1.82, 2.24) is 0 Å². The van der Waals surface area contributed by atoms with Crippen LogP contribution < -0.4 is 9.47 Å². The van der Waals surface area contributed by atoms with E-state index in [1.165, 1.54) is 19.3 Å². The molecule has 0 spiro atoms. The van der Waals surface area contributed by atoms with E-state index >= 15 is 0 Å². The third-order valence-electron chi connectivity index (χ3n) is 3.16. The average molecular weight is 250 g/mol. The summed E-state index contributed by atoms with van der Waals surface area (Å²) >= 11 is 0. The maximum Gasteiger partial charge on any atom is 0.203 e. The Hall–Kier alpha value is -1.38. The molecule has 0 unspecified atom stereocenters. The van der Waals surface area contributed by atoms with Gasteiger partial charge in [0.1, 0.15) is 0 Å². The molecule has 0 amide bonds. The molecule has 1 aliphatic rings. The summed E-state index contributed by atoms with van der Waals surface area (Å²) in [6.07, 6.45) is 6.11. The molecule has 3 heteroatoms. The van der Waals surface area contributed by atoms with E-state index in [4.69, 9.17) is 9.47 Å². The fourth-order valence-corrected chi connectivity index (χ4v) is 2.32. The molecule has 0 radical (unpaired) electrons. The SMILES string of the molecule is CC(C)Oc1cccc(O)c1OC1CCCCC1. The molecule has 1 fully saturated rings. The van der Waals surface area contributed by atoms with Crippen LogP contribution in [0.3, 0.4) is 0 Å². The lowest BCUT2D eigenvalue weighted by Crippen LogP contribution is -2.20. The van der Waals surface area contributed by atoms with Gasteiger partial charge in [0.15, 0.2) is 11.5 Å². The minimum atomic E-state index is 0.0699. The van der Waals surface area contributed by atoms with Crippen molar-refractivity contribution in [3.05, 3.63) is 18.2 Å². The Morgan fingerprint density at radius 3 is 2.56 bits per heavy atom. The van der Waals surface area contributed by atoms with Crippen LogP contribution in [0.5, 0.6) is 17.2 Å². The lowest BCUT2D eigenvalue weighted by Gasteiger charge is -2.25. The van der Waals surface area contributed by atoms with Gasteiger partial charge >= 0.3 is 0 Å². The van der Waals surface area contributed by atoms with Crippen LogP contribution in [-0.4, -0.2) is 17.3 Å². The molecule has 1 N–H and O–H groups in total. The summed E-state index contributed by atoms with van der Waals surface area (Å²) in [5.74, 6) is 1.30. The standard InChI is InChI=1S/C15H22O3/c1-11(2)17-14-10-6-9-13(16)15(14)18-12-7-4-3-5-8-12/h6,9-12,16H,3-5,7-8H2,1-2H3. The molecule has 0 aromatic heterocycles. The number of aromatic hydroxyl groups is 1. The quantitative estimate of drug-likeness (QED) is 0.881. The van der Waals surface area contributed by atoms with Crippen LogP contribution in [0.2, 0.25) is 0 Å². The molecule has 1 saturated carbocycles. The Balaban J connectivity index is 2.13. The predicted octanol–water partition coefficient (Wildman–Crippen LogP) is 3.89.